The second kappa shape index (κ2) is 5.68. The lowest BCUT2D eigenvalue weighted by Gasteiger charge is -2.12. The van der Waals surface area contributed by atoms with Crippen molar-refractivity contribution in [1.82, 2.24) is 4.72 Å². The van der Waals surface area contributed by atoms with Crippen LogP contribution in [-0.2, 0) is 14.8 Å². The van der Waals surface area contributed by atoms with Crippen LogP contribution < -0.4 is 9.46 Å². The van der Waals surface area contributed by atoms with Crippen molar-refractivity contribution in [2.24, 2.45) is 0 Å². The molecular weight excluding hydrogens is 326 g/mol. The summed E-state index contributed by atoms with van der Waals surface area (Å²) in [5.74, 6) is -0.890. The summed E-state index contributed by atoms with van der Waals surface area (Å²) in [4.78, 5) is 10.6. The van der Waals surface area contributed by atoms with Crippen LogP contribution in [-0.4, -0.2) is 32.6 Å². The van der Waals surface area contributed by atoms with E-state index in [9.17, 15) is 13.2 Å². The summed E-state index contributed by atoms with van der Waals surface area (Å²) < 4.78 is 31.3. The molecule has 0 aliphatic carbocycles. The predicted octanol–water partition coefficient (Wildman–Crippen LogP) is 1.21. The van der Waals surface area contributed by atoms with E-state index >= 15 is 0 Å². The largest absolute Gasteiger partial charge is 0.497 e. The molecule has 0 saturated heterocycles. The molecule has 1 aromatic rings. The van der Waals surface area contributed by atoms with Gasteiger partial charge in [-0.1, -0.05) is 0 Å². The van der Waals surface area contributed by atoms with E-state index in [2.05, 4.69) is 20.7 Å². The van der Waals surface area contributed by atoms with Crippen molar-refractivity contribution in [3.8, 4) is 5.75 Å². The van der Waals surface area contributed by atoms with Gasteiger partial charge in [-0.05, 0) is 35.0 Å². The molecule has 0 saturated carbocycles. The Balaban J connectivity index is 3.16. The molecule has 0 fully saturated rings. The van der Waals surface area contributed by atoms with E-state index in [1.165, 1.54) is 26.2 Å². The molecule has 2 N–H and O–H groups in total. The normalized spacial score (nSPS) is 13.1. The second-order valence-corrected chi connectivity index (χ2v) is 6.01. The van der Waals surface area contributed by atoms with Gasteiger partial charge in [-0.2, -0.15) is 4.72 Å². The molecule has 0 amide bonds. The first-order valence-corrected chi connectivity index (χ1v) is 7.14. The maximum Gasteiger partial charge on any atom is 0.321 e. The summed E-state index contributed by atoms with van der Waals surface area (Å²) >= 11 is 3.10. The Morgan fingerprint density at radius 3 is 2.61 bits per heavy atom. The van der Waals surface area contributed by atoms with Gasteiger partial charge in [-0.25, -0.2) is 8.42 Å². The number of aliphatic carboxylic acids is 1. The van der Waals surface area contributed by atoms with E-state index in [4.69, 9.17) is 9.84 Å². The van der Waals surface area contributed by atoms with Gasteiger partial charge >= 0.3 is 5.97 Å². The van der Waals surface area contributed by atoms with Crippen LogP contribution in [0.3, 0.4) is 0 Å². The van der Waals surface area contributed by atoms with Crippen LogP contribution in [0.4, 0.5) is 0 Å². The fourth-order valence-electron chi connectivity index (χ4n) is 1.16. The number of hydrogen-bond acceptors (Lipinski definition) is 4. The molecule has 0 unspecified atom stereocenters. The Morgan fingerprint density at radius 1 is 1.50 bits per heavy atom. The summed E-state index contributed by atoms with van der Waals surface area (Å²) in [5.41, 5.74) is 0. The van der Waals surface area contributed by atoms with Crippen LogP contribution in [0.1, 0.15) is 6.92 Å². The molecule has 18 heavy (non-hydrogen) atoms. The molecule has 6 nitrogen and oxygen atoms in total. The minimum Gasteiger partial charge on any atom is -0.497 e. The molecule has 0 aliphatic heterocycles. The van der Waals surface area contributed by atoms with E-state index in [-0.39, 0.29) is 4.90 Å². The Bertz CT molecular complexity index is 557. The fourth-order valence-corrected chi connectivity index (χ4v) is 3.34. The number of rotatable bonds is 5. The third-order valence-corrected chi connectivity index (χ3v) is 4.66. The maximum absolute atomic E-state index is 12.0. The molecule has 0 aromatic heterocycles. The number of carboxylic acids is 1. The number of carboxylic acid groups (broad SMARTS) is 1. The van der Waals surface area contributed by atoms with Crippen molar-refractivity contribution >= 4 is 31.9 Å². The van der Waals surface area contributed by atoms with Crippen LogP contribution >= 0.6 is 15.9 Å². The molecule has 1 aromatic carbocycles. The van der Waals surface area contributed by atoms with E-state index in [1.807, 2.05) is 0 Å². The number of halogens is 1. The van der Waals surface area contributed by atoms with Gasteiger partial charge in [-0.15, -0.1) is 0 Å². The smallest absolute Gasteiger partial charge is 0.321 e. The van der Waals surface area contributed by atoms with Crippen LogP contribution in [0, 0.1) is 0 Å². The lowest BCUT2D eigenvalue weighted by molar-refractivity contribution is -0.138. The van der Waals surface area contributed by atoms with E-state index in [0.29, 0.717) is 10.2 Å². The highest BCUT2D eigenvalue weighted by Gasteiger charge is 2.23. The summed E-state index contributed by atoms with van der Waals surface area (Å²) in [6.45, 7) is 1.24. The quantitative estimate of drug-likeness (QED) is 0.842. The summed E-state index contributed by atoms with van der Waals surface area (Å²) in [5, 5.41) is 8.70. The lowest BCUT2D eigenvalue weighted by Crippen LogP contribution is -2.38. The van der Waals surface area contributed by atoms with Crippen molar-refractivity contribution in [3.05, 3.63) is 22.7 Å². The number of hydrogen-bond donors (Lipinski definition) is 2. The van der Waals surface area contributed by atoms with Gasteiger partial charge in [-0.3, -0.25) is 4.79 Å². The lowest BCUT2D eigenvalue weighted by atomic mass is 10.3. The fraction of sp³-hybridized carbons (Fsp3) is 0.300. The highest BCUT2D eigenvalue weighted by molar-refractivity contribution is 9.10. The van der Waals surface area contributed by atoms with Crippen LogP contribution in [0.15, 0.2) is 27.6 Å². The standard InChI is InChI=1S/C10H12BrNO5S/c1-6(10(13)14)12-18(15,16)9-5-7(17-2)3-4-8(9)11/h3-6,12H,1-2H3,(H,13,14)/t6-/m0/s1. The van der Waals surface area contributed by atoms with Gasteiger partial charge < -0.3 is 9.84 Å². The molecule has 1 atom stereocenters. The third kappa shape index (κ3) is 3.44. The Morgan fingerprint density at radius 2 is 2.11 bits per heavy atom. The van der Waals surface area contributed by atoms with Crippen LogP contribution in [0.5, 0.6) is 5.75 Å². The first-order valence-electron chi connectivity index (χ1n) is 4.86. The number of benzene rings is 1. The molecule has 1 rings (SSSR count). The zero-order chi connectivity index (χ0) is 13.9. The average Bonchev–Trinajstić information content (AvgIpc) is 2.28. The highest BCUT2D eigenvalue weighted by Crippen LogP contribution is 2.26. The van der Waals surface area contributed by atoms with Crippen LogP contribution in [0.2, 0.25) is 0 Å². The van der Waals surface area contributed by atoms with Gasteiger partial charge in [0.05, 0.1) is 12.0 Å². The summed E-state index contributed by atoms with van der Waals surface area (Å²) in [6, 6.07) is 3.19. The molecule has 0 heterocycles. The second-order valence-electron chi connectivity index (χ2n) is 3.48. The minimum atomic E-state index is -3.93. The zero-order valence-corrected chi connectivity index (χ0v) is 12.1. The van der Waals surface area contributed by atoms with E-state index in [1.54, 1.807) is 6.07 Å². The Labute approximate surface area is 113 Å². The molecule has 0 bridgehead atoms. The molecule has 0 aliphatic rings. The Hall–Kier alpha value is -1.12. The van der Waals surface area contributed by atoms with Crippen molar-refractivity contribution < 1.29 is 23.1 Å². The third-order valence-electron chi connectivity index (χ3n) is 2.13. The minimum absolute atomic E-state index is 0.0741. The van der Waals surface area contributed by atoms with Gasteiger partial charge in [0.25, 0.3) is 0 Å². The van der Waals surface area contributed by atoms with Crippen molar-refractivity contribution in [3.63, 3.8) is 0 Å². The predicted molar refractivity (Wildman–Crippen MR) is 68.1 cm³/mol. The molecule has 100 valence electrons. The number of methoxy groups -OCH3 is 1. The molecule has 8 heteroatoms. The number of ether oxygens (including phenoxy) is 1. The van der Waals surface area contributed by atoms with E-state index < -0.39 is 22.0 Å². The SMILES string of the molecule is COc1ccc(Br)c(S(=O)(=O)N[C@@H](C)C(=O)O)c1. The first kappa shape index (κ1) is 14.9. The monoisotopic (exact) mass is 337 g/mol. The number of carbonyl (C=O) groups is 1. The molecule has 0 spiro atoms. The van der Waals surface area contributed by atoms with Gasteiger partial charge in [0.15, 0.2) is 0 Å². The molecular formula is C10H12BrNO5S. The summed E-state index contributed by atoms with van der Waals surface area (Å²) in [6.07, 6.45) is 0. The van der Waals surface area contributed by atoms with Crippen molar-refractivity contribution in [2.75, 3.05) is 7.11 Å². The van der Waals surface area contributed by atoms with Crippen molar-refractivity contribution in [1.29, 1.82) is 0 Å². The van der Waals surface area contributed by atoms with Gasteiger partial charge in [0.1, 0.15) is 11.8 Å². The highest BCUT2D eigenvalue weighted by atomic mass is 79.9. The van der Waals surface area contributed by atoms with Gasteiger partial charge in [0.2, 0.25) is 10.0 Å². The molecule has 0 radical (unpaired) electrons. The zero-order valence-electron chi connectivity index (χ0n) is 9.68. The van der Waals surface area contributed by atoms with Crippen molar-refractivity contribution in [2.45, 2.75) is 17.9 Å². The topological polar surface area (TPSA) is 92.7 Å². The number of nitrogens with one attached hydrogen (secondary N) is 1. The Kier molecular flexibility index (Phi) is 4.71. The van der Waals surface area contributed by atoms with Crippen LogP contribution in [0.25, 0.3) is 0 Å². The average molecular weight is 338 g/mol. The van der Waals surface area contributed by atoms with E-state index in [0.717, 1.165) is 0 Å². The first-order chi connectivity index (χ1) is 8.27. The van der Waals surface area contributed by atoms with Gasteiger partial charge in [0, 0.05) is 10.5 Å². The number of sulfonamides is 1. The maximum atomic E-state index is 12.0. The summed E-state index contributed by atoms with van der Waals surface area (Å²) in [7, 11) is -2.52.